The summed E-state index contributed by atoms with van der Waals surface area (Å²) in [6.07, 6.45) is 0. The Morgan fingerprint density at radius 1 is 0.929 bits per heavy atom. The van der Waals surface area contributed by atoms with Crippen molar-refractivity contribution in [3.05, 3.63) is 89.0 Å². The van der Waals surface area contributed by atoms with Crippen LogP contribution in [0.3, 0.4) is 0 Å². The van der Waals surface area contributed by atoms with E-state index in [4.69, 9.17) is 4.74 Å². The lowest BCUT2D eigenvalue weighted by molar-refractivity contribution is -0.118. The van der Waals surface area contributed by atoms with Gasteiger partial charge in [0.05, 0.1) is 0 Å². The van der Waals surface area contributed by atoms with Crippen molar-refractivity contribution in [1.29, 1.82) is 0 Å². The van der Waals surface area contributed by atoms with Gasteiger partial charge in [0.15, 0.2) is 6.61 Å². The number of hydrogen-bond donors (Lipinski definition) is 2. The van der Waals surface area contributed by atoms with Crippen LogP contribution < -0.4 is 15.4 Å². The monoisotopic (exact) mass is 374 g/mol. The van der Waals surface area contributed by atoms with Crippen LogP contribution >= 0.6 is 0 Å². The van der Waals surface area contributed by atoms with Crippen molar-refractivity contribution in [1.82, 2.24) is 0 Å². The van der Waals surface area contributed by atoms with Crippen LogP contribution in [0.5, 0.6) is 5.75 Å². The first-order valence-corrected chi connectivity index (χ1v) is 9.39. The second kappa shape index (κ2) is 9.09. The van der Waals surface area contributed by atoms with E-state index in [-0.39, 0.29) is 12.5 Å². The van der Waals surface area contributed by atoms with E-state index in [2.05, 4.69) is 42.7 Å². The van der Waals surface area contributed by atoms with E-state index in [1.165, 1.54) is 11.1 Å². The summed E-state index contributed by atoms with van der Waals surface area (Å²) in [6, 6.07) is 21.7. The third-order valence-electron chi connectivity index (χ3n) is 4.66. The largest absolute Gasteiger partial charge is 0.484 e. The lowest BCUT2D eigenvalue weighted by Gasteiger charge is -2.12. The number of rotatable bonds is 7. The van der Waals surface area contributed by atoms with Gasteiger partial charge in [0.25, 0.3) is 5.91 Å². The minimum Gasteiger partial charge on any atom is -0.484 e. The van der Waals surface area contributed by atoms with E-state index in [1.807, 2.05) is 55.5 Å². The molecule has 3 rings (SSSR count). The van der Waals surface area contributed by atoms with Crippen LogP contribution in [0.4, 0.5) is 11.4 Å². The first-order valence-electron chi connectivity index (χ1n) is 9.39. The standard InChI is InChI=1S/C24H26N2O2/c1-17-7-4-10-21(13-17)26-24(27)16-28-22-11-6-9-20(14-22)15-25-23-12-5-8-18(2)19(23)3/h4-14,25H,15-16H2,1-3H3,(H,26,27). The van der Waals surface area contributed by atoms with Crippen molar-refractivity contribution in [2.75, 3.05) is 17.2 Å². The van der Waals surface area contributed by atoms with Crippen molar-refractivity contribution in [3.8, 4) is 5.75 Å². The maximum absolute atomic E-state index is 12.1. The molecule has 0 aliphatic rings. The number of nitrogens with one attached hydrogen (secondary N) is 2. The van der Waals surface area contributed by atoms with Gasteiger partial charge in [-0.25, -0.2) is 0 Å². The Kier molecular flexibility index (Phi) is 6.33. The number of benzene rings is 3. The first-order chi connectivity index (χ1) is 13.5. The predicted octanol–water partition coefficient (Wildman–Crippen LogP) is 5.24. The van der Waals surface area contributed by atoms with Gasteiger partial charge < -0.3 is 15.4 Å². The SMILES string of the molecule is Cc1cccc(NC(=O)COc2cccc(CNc3cccc(C)c3C)c2)c1. The van der Waals surface area contributed by atoms with Crippen molar-refractivity contribution in [3.63, 3.8) is 0 Å². The summed E-state index contributed by atoms with van der Waals surface area (Å²) in [5.41, 5.74) is 6.62. The van der Waals surface area contributed by atoms with Gasteiger partial charge in [0, 0.05) is 17.9 Å². The van der Waals surface area contributed by atoms with Crippen LogP contribution in [0.2, 0.25) is 0 Å². The number of aryl methyl sites for hydroxylation is 2. The lowest BCUT2D eigenvalue weighted by Crippen LogP contribution is -2.20. The molecule has 4 heteroatoms. The molecule has 0 aliphatic carbocycles. The highest BCUT2D eigenvalue weighted by atomic mass is 16.5. The predicted molar refractivity (Wildman–Crippen MR) is 115 cm³/mol. The molecule has 0 fully saturated rings. The third kappa shape index (κ3) is 5.36. The van der Waals surface area contributed by atoms with Gasteiger partial charge in [0.2, 0.25) is 0 Å². The average molecular weight is 374 g/mol. The van der Waals surface area contributed by atoms with E-state index in [0.29, 0.717) is 12.3 Å². The molecule has 0 radical (unpaired) electrons. The Bertz CT molecular complexity index is 966. The molecule has 1 amide bonds. The lowest BCUT2D eigenvalue weighted by atomic mass is 10.1. The van der Waals surface area contributed by atoms with E-state index in [9.17, 15) is 4.79 Å². The first kappa shape index (κ1) is 19.5. The zero-order valence-electron chi connectivity index (χ0n) is 16.6. The highest BCUT2D eigenvalue weighted by Crippen LogP contribution is 2.20. The molecule has 0 saturated heterocycles. The Morgan fingerprint density at radius 3 is 2.54 bits per heavy atom. The second-order valence-electron chi connectivity index (χ2n) is 6.95. The summed E-state index contributed by atoms with van der Waals surface area (Å²) >= 11 is 0. The van der Waals surface area contributed by atoms with Crippen LogP contribution in [0.25, 0.3) is 0 Å². The Labute approximate surface area is 166 Å². The number of carbonyl (C=O) groups is 1. The third-order valence-corrected chi connectivity index (χ3v) is 4.66. The van der Waals surface area contributed by atoms with Crippen molar-refractivity contribution in [2.24, 2.45) is 0 Å². The zero-order valence-corrected chi connectivity index (χ0v) is 16.6. The van der Waals surface area contributed by atoms with Gasteiger partial charge in [-0.2, -0.15) is 0 Å². The van der Waals surface area contributed by atoms with Gasteiger partial charge in [-0.05, 0) is 73.4 Å². The van der Waals surface area contributed by atoms with Crippen molar-refractivity contribution >= 4 is 17.3 Å². The van der Waals surface area contributed by atoms with Gasteiger partial charge in [-0.15, -0.1) is 0 Å². The van der Waals surface area contributed by atoms with Gasteiger partial charge in [-0.1, -0.05) is 36.4 Å². The van der Waals surface area contributed by atoms with Crippen LogP contribution in [0, 0.1) is 20.8 Å². The molecule has 0 aromatic heterocycles. The molecular weight excluding hydrogens is 348 g/mol. The molecule has 3 aromatic rings. The minimum absolute atomic E-state index is 0.0260. The fraction of sp³-hybridized carbons (Fsp3) is 0.208. The molecule has 0 spiro atoms. The van der Waals surface area contributed by atoms with Gasteiger partial charge >= 0.3 is 0 Å². The van der Waals surface area contributed by atoms with Crippen LogP contribution in [-0.2, 0) is 11.3 Å². The molecular formula is C24H26N2O2. The van der Waals surface area contributed by atoms with Crippen LogP contribution in [-0.4, -0.2) is 12.5 Å². The maximum atomic E-state index is 12.1. The maximum Gasteiger partial charge on any atom is 0.262 e. The molecule has 0 atom stereocenters. The summed E-state index contributed by atoms with van der Waals surface area (Å²) in [7, 11) is 0. The molecule has 28 heavy (non-hydrogen) atoms. The molecule has 0 unspecified atom stereocenters. The average Bonchev–Trinajstić information content (AvgIpc) is 2.68. The normalized spacial score (nSPS) is 10.4. The summed E-state index contributed by atoms with van der Waals surface area (Å²) in [5.74, 6) is 0.504. The molecule has 0 aliphatic heterocycles. The van der Waals surface area contributed by atoms with Gasteiger partial charge in [-0.3, -0.25) is 4.79 Å². The molecule has 2 N–H and O–H groups in total. The Hall–Kier alpha value is -3.27. The Balaban J connectivity index is 1.54. The fourth-order valence-corrected chi connectivity index (χ4v) is 2.95. The molecule has 144 valence electrons. The van der Waals surface area contributed by atoms with Crippen LogP contribution in [0.1, 0.15) is 22.3 Å². The molecule has 4 nitrogen and oxygen atoms in total. The fourth-order valence-electron chi connectivity index (χ4n) is 2.95. The van der Waals surface area contributed by atoms with Gasteiger partial charge in [0.1, 0.15) is 5.75 Å². The highest BCUT2D eigenvalue weighted by Gasteiger charge is 2.05. The number of anilines is 2. The minimum atomic E-state index is -0.176. The number of ether oxygens (including phenoxy) is 1. The zero-order chi connectivity index (χ0) is 19.9. The summed E-state index contributed by atoms with van der Waals surface area (Å²) < 4.78 is 5.67. The molecule has 3 aromatic carbocycles. The Morgan fingerprint density at radius 2 is 1.71 bits per heavy atom. The van der Waals surface area contributed by atoms with Crippen LogP contribution in [0.15, 0.2) is 66.7 Å². The van der Waals surface area contributed by atoms with E-state index in [0.717, 1.165) is 22.5 Å². The van der Waals surface area contributed by atoms with Crippen molar-refractivity contribution in [2.45, 2.75) is 27.3 Å². The van der Waals surface area contributed by atoms with E-state index < -0.39 is 0 Å². The summed E-state index contributed by atoms with van der Waals surface area (Å²) in [5, 5.41) is 6.31. The smallest absolute Gasteiger partial charge is 0.262 e. The number of hydrogen-bond acceptors (Lipinski definition) is 3. The number of amides is 1. The number of carbonyl (C=O) groups excluding carboxylic acids is 1. The second-order valence-corrected chi connectivity index (χ2v) is 6.95. The molecule has 0 bridgehead atoms. The quantitative estimate of drug-likeness (QED) is 0.594. The highest BCUT2D eigenvalue weighted by molar-refractivity contribution is 5.91. The van der Waals surface area contributed by atoms with E-state index in [1.54, 1.807) is 0 Å². The summed E-state index contributed by atoms with van der Waals surface area (Å²) in [4.78, 5) is 12.1. The molecule has 0 saturated carbocycles. The molecule has 0 heterocycles. The summed E-state index contributed by atoms with van der Waals surface area (Å²) in [6.45, 7) is 6.88. The van der Waals surface area contributed by atoms with E-state index >= 15 is 0 Å². The van der Waals surface area contributed by atoms with Crippen molar-refractivity contribution < 1.29 is 9.53 Å². The topological polar surface area (TPSA) is 50.4 Å².